The molecule has 0 aliphatic heterocycles. The van der Waals surface area contributed by atoms with Gasteiger partial charge in [0.1, 0.15) is 0 Å². The molecule has 250 valence electrons. The maximum absolute atomic E-state index is 9.77. The Morgan fingerprint density at radius 2 is 0.774 bits per heavy atom. The molecule has 0 aromatic heterocycles. The molecule has 0 heterocycles. The van der Waals surface area contributed by atoms with E-state index in [-0.39, 0.29) is 58.8 Å². The molecule has 0 spiro atoms. The summed E-state index contributed by atoms with van der Waals surface area (Å²) in [5.41, 5.74) is 7.24. The van der Waals surface area contributed by atoms with E-state index >= 15 is 0 Å². The fourth-order valence-electron chi connectivity index (χ4n) is 6.70. The zero-order chi connectivity index (χ0) is 42.4. The van der Waals surface area contributed by atoms with Gasteiger partial charge in [-0.05, 0) is 103 Å². The van der Waals surface area contributed by atoms with Gasteiger partial charge in [-0.3, -0.25) is 0 Å². The van der Waals surface area contributed by atoms with Gasteiger partial charge in [0.05, 0.1) is 11.0 Å². The molecule has 0 N–H and O–H groups in total. The SMILES string of the molecule is [2H]c1c([2H])c(-c2cccc3ccccc23)c([2H])c(N(c2ccc(-c3ccc(-c4ccccc4)cc3)cc2)c2c([2H])c([2H])c(-c3ccc(-c4ccccc4)cc3)c([2H])c2[2H])c1[2H]. The number of rotatable bonds is 8. The Balaban J connectivity index is 1.23. The van der Waals surface area contributed by atoms with Gasteiger partial charge in [-0.2, -0.15) is 0 Å². The Kier molecular flexibility index (Phi) is 6.57. The Morgan fingerprint density at radius 1 is 0.302 bits per heavy atom. The van der Waals surface area contributed by atoms with Crippen LogP contribution in [0.5, 0.6) is 0 Å². The number of hydrogen-bond acceptors (Lipinski definition) is 1. The summed E-state index contributed by atoms with van der Waals surface area (Å²) in [5.74, 6) is 0. The van der Waals surface area contributed by atoms with Crippen molar-refractivity contribution in [3.63, 3.8) is 0 Å². The van der Waals surface area contributed by atoms with Crippen molar-refractivity contribution in [2.45, 2.75) is 0 Å². The fraction of sp³-hybridized carbons (Fsp3) is 0. The summed E-state index contributed by atoms with van der Waals surface area (Å²) in [7, 11) is 0. The number of anilines is 3. The van der Waals surface area contributed by atoms with Crippen LogP contribution in [0.3, 0.4) is 0 Å². The van der Waals surface area contributed by atoms with E-state index in [1.165, 1.54) is 4.90 Å². The summed E-state index contributed by atoms with van der Waals surface area (Å²) >= 11 is 0. The quantitative estimate of drug-likeness (QED) is 0.154. The summed E-state index contributed by atoms with van der Waals surface area (Å²) in [6, 6.07) is 53.1. The standard InChI is InChI=1S/C52H37N/c1-3-11-38(12-4-1)40-21-25-42(26-22-40)44-29-33-48(34-30-44)53(50-18-9-17-47(37-50)52-20-10-16-46-15-7-8-19-51(46)52)49-35-31-45(32-36-49)43-27-23-41(24-28-43)39-13-5-2-6-14-39/h1-37H/i9D,17D,18D,29D,30D,33D,34D,37D. The van der Waals surface area contributed by atoms with Gasteiger partial charge in [0.2, 0.25) is 0 Å². The van der Waals surface area contributed by atoms with E-state index in [2.05, 4.69) is 24.3 Å². The summed E-state index contributed by atoms with van der Waals surface area (Å²) in [6.07, 6.45) is 0. The Morgan fingerprint density at radius 3 is 1.36 bits per heavy atom. The van der Waals surface area contributed by atoms with Crippen molar-refractivity contribution in [2.75, 3.05) is 4.90 Å². The lowest BCUT2D eigenvalue weighted by Crippen LogP contribution is -2.10. The Labute approximate surface area is 323 Å². The third-order valence-electron chi connectivity index (χ3n) is 9.46. The number of hydrogen-bond donors (Lipinski definition) is 0. The first-order valence-electron chi connectivity index (χ1n) is 21.5. The highest BCUT2D eigenvalue weighted by atomic mass is 15.1. The third kappa shape index (κ3) is 6.65. The lowest BCUT2D eigenvalue weighted by atomic mass is 9.97. The molecule has 0 amide bonds. The molecule has 53 heavy (non-hydrogen) atoms. The average molecular weight is 684 g/mol. The van der Waals surface area contributed by atoms with Crippen LogP contribution in [0.25, 0.3) is 66.4 Å². The molecule has 1 nitrogen and oxygen atoms in total. The van der Waals surface area contributed by atoms with Crippen LogP contribution in [-0.4, -0.2) is 0 Å². The van der Waals surface area contributed by atoms with E-state index in [9.17, 15) is 8.22 Å². The Bertz CT molecular complexity index is 3040. The molecule has 0 bridgehead atoms. The van der Waals surface area contributed by atoms with Gasteiger partial charge in [0, 0.05) is 17.1 Å². The van der Waals surface area contributed by atoms with Crippen molar-refractivity contribution < 1.29 is 11.0 Å². The van der Waals surface area contributed by atoms with E-state index in [0.717, 1.165) is 44.2 Å². The van der Waals surface area contributed by atoms with Crippen molar-refractivity contribution in [3.8, 4) is 55.6 Å². The van der Waals surface area contributed by atoms with Crippen LogP contribution in [0.4, 0.5) is 17.1 Å². The molecular weight excluding hydrogens is 639 g/mol. The van der Waals surface area contributed by atoms with E-state index < -0.39 is 12.1 Å². The molecule has 0 saturated heterocycles. The first kappa shape index (κ1) is 24.3. The summed E-state index contributed by atoms with van der Waals surface area (Å²) in [4.78, 5) is 1.39. The first-order chi connectivity index (χ1) is 29.6. The summed E-state index contributed by atoms with van der Waals surface area (Å²) in [5, 5.41) is 1.63. The second kappa shape index (κ2) is 14.3. The molecule has 0 aliphatic carbocycles. The van der Waals surface area contributed by atoms with Crippen LogP contribution in [-0.2, 0) is 0 Å². The van der Waals surface area contributed by atoms with Gasteiger partial charge in [0.15, 0.2) is 0 Å². The predicted molar refractivity (Wildman–Crippen MR) is 226 cm³/mol. The van der Waals surface area contributed by atoms with Crippen LogP contribution < -0.4 is 4.90 Å². The molecule has 0 radical (unpaired) electrons. The monoisotopic (exact) mass is 683 g/mol. The molecule has 0 fully saturated rings. The maximum atomic E-state index is 9.77. The second-order valence-corrected chi connectivity index (χ2v) is 12.7. The summed E-state index contributed by atoms with van der Waals surface area (Å²) in [6.45, 7) is 0. The van der Waals surface area contributed by atoms with Crippen molar-refractivity contribution >= 4 is 27.8 Å². The molecule has 0 saturated carbocycles. The van der Waals surface area contributed by atoms with Crippen molar-refractivity contribution in [1.29, 1.82) is 0 Å². The van der Waals surface area contributed by atoms with Crippen LogP contribution in [0, 0.1) is 0 Å². The van der Waals surface area contributed by atoms with Gasteiger partial charge in [-0.15, -0.1) is 0 Å². The van der Waals surface area contributed by atoms with E-state index in [1.54, 1.807) is 30.3 Å². The zero-order valence-electron chi connectivity index (χ0n) is 36.7. The van der Waals surface area contributed by atoms with Crippen LogP contribution in [0.1, 0.15) is 11.0 Å². The topological polar surface area (TPSA) is 3.24 Å². The van der Waals surface area contributed by atoms with Crippen molar-refractivity contribution in [1.82, 2.24) is 0 Å². The first-order valence-corrected chi connectivity index (χ1v) is 17.5. The van der Waals surface area contributed by atoms with Gasteiger partial charge in [-0.25, -0.2) is 0 Å². The predicted octanol–water partition coefficient (Wildman–Crippen LogP) is 14.6. The number of nitrogens with zero attached hydrogens (tertiary/aromatic N) is 1. The van der Waals surface area contributed by atoms with E-state index in [1.807, 2.05) is 121 Å². The molecule has 0 atom stereocenters. The van der Waals surface area contributed by atoms with Crippen LogP contribution in [0.15, 0.2) is 224 Å². The highest BCUT2D eigenvalue weighted by Crippen LogP contribution is 2.39. The molecule has 9 aromatic rings. The zero-order valence-corrected chi connectivity index (χ0v) is 28.7. The molecule has 0 unspecified atom stereocenters. The molecular formula is C52H37N. The van der Waals surface area contributed by atoms with Crippen molar-refractivity contribution in [3.05, 3.63) is 224 Å². The molecule has 1 heteroatoms. The number of fused-ring (bicyclic) bond motifs is 1. The highest BCUT2D eigenvalue weighted by molar-refractivity contribution is 5.97. The lowest BCUT2D eigenvalue weighted by Gasteiger charge is -2.26. The van der Waals surface area contributed by atoms with Gasteiger partial charge < -0.3 is 4.90 Å². The fourth-order valence-corrected chi connectivity index (χ4v) is 6.70. The largest absolute Gasteiger partial charge is 0.310 e. The van der Waals surface area contributed by atoms with E-state index in [0.29, 0.717) is 16.8 Å². The van der Waals surface area contributed by atoms with Gasteiger partial charge >= 0.3 is 0 Å². The molecule has 9 aromatic carbocycles. The second-order valence-electron chi connectivity index (χ2n) is 12.7. The minimum Gasteiger partial charge on any atom is -0.310 e. The lowest BCUT2D eigenvalue weighted by molar-refractivity contribution is 1.28. The van der Waals surface area contributed by atoms with Crippen LogP contribution in [0.2, 0.25) is 0 Å². The third-order valence-corrected chi connectivity index (χ3v) is 9.46. The minimum atomic E-state index is -0.447. The highest BCUT2D eigenvalue weighted by Gasteiger charge is 2.15. The summed E-state index contributed by atoms with van der Waals surface area (Å²) < 4.78 is 75.0. The maximum Gasteiger partial charge on any atom is 0.0651 e. The van der Waals surface area contributed by atoms with E-state index in [4.69, 9.17) is 2.74 Å². The molecule has 0 aliphatic rings. The normalized spacial score (nSPS) is 13.1. The smallest absolute Gasteiger partial charge is 0.0651 e. The average Bonchev–Trinajstić information content (AvgIpc) is 3.31. The Hall–Kier alpha value is -6.96. The van der Waals surface area contributed by atoms with Gasteiger partial charge in [-0.1, -0.05) is 188 Å². The number of benzene rings is 9. The molecule has 9 rings (SSSR count). The van der Waals surface area contributed by atoms with Crippen molar-refractivity contribution in [2.24, 2.45) is 0 Å². The van der Waals surface area contributed by atoms with Gasteiger partial charge in [0.25, 0.3) is 0 Å². The minimum absolute atomic E-state index is 0.115. The van der Waals surface area contributed by atoms with Crippen LogP contribution >= 0.6 is 0 Å².